The average Bonchev–Trinajstić information content (AvgIpc) is 2.72. The summed E-state index contributed by atoms with van der Waals surface area (Å²) in [5, 5.41) is 1.00. The Labute approximate surface area is 153 Å². The van der Waals surface area contributed by atoms with Crippen molar-refractivity contribution in [2.75, 3.05) is 19.7 Å². The minimum Gasteiger partial charge on any atom is -0.493 e. The molecule has 132 valence electrons. The number of piperidine rings is 1. The van der Waals surface area contributed by atoms with Crippen LogP contribution in [0.25, 0.3) is 10.9 Å². The van der Waals surface area contributed by atoms with Gasteiger partial charge in [-0.2, -0.15) is 0 Å². The number of rotatable bonds is 4. The van der Waals surface area contributed by atoms with Gasteiger partial charge in [0.25, 0.3) is 5.91 Å². The van der Waals surface area contributed by atoms with E-state index in [0.29, 0.717) is 18.1 Å². The molecule has 0 saturated carbocycles. The summed E-state index contributed by atoms with van der Waals surface area (Å²) in [5.41, 5.74) is 1.48. The van der Waals surface area contributed by atoms with E-state index in [0.717, 1.165) is 42.6 Å². The fourth-order valence-electron chi connectivity index (χ4n) is 3.48. The van der Waals surface area contributed by atoms with E-state index in [1.54, 1.807) is 6.20 Å². The van der Waals surface area contributed by atoms with Crippen molar-refractivity contribution in [3.05, 3.63) is 72.4 Å². The molecule has 26 heavy (non-hydrogen) atoms. The third-order valence-electron chi connectivity index (χ3n) is 4.99. The molecule has 1 saturated heterocycles. The van der Waals surface area contributed by atoms with Gasteiger partial charge in [0.05, 0.1) is 17.7 Å². The molecular formula is C22H22N2O2. The van der Waals surface area contributed by atoms with E-state index in [2.05, 4.69) is 4.98 Å². The summed E-state index contributed by atoms with van der Waals surface area (Å²) in [6.07, 6.45) is 3.68. The van der Waals surface area contributed by atoms with Crippen molar-refractivity contribution in [2.24, 2.45) is 5.92 Å². The highest BCUT2D eigenvalue weighted by atomic mass is 16.5. The SMILES string of the molecule is O=C(c1cccc2cccnc12)N1CCC(COc2ccccc2)CC1. The molecule has 0 N–H and O–H groups in total. The number of para-hydroxylation sites is 2. The smallest absolute Gasteiger partial charge is 0.256 e. The number of aromatic nitrogens is 1. The third kappa shape index (κ3) is 3.54. The van der Waals surface area contributed by atoms with Crippen LogP contribution in [-0.4, -0.2) is 35.5 Å². The summed E-state index contributed by atoms with van der Waals surface area (Å²) < 4.78 is 5.87. The Balaban J connectivity index is 1.37. The van der Waals surface area contributed by atoms with Crippen LogP contribution in [-0.2, 0) is 0 Å². The topological polar surface area (TPSA) is 42.4 Å². The zero-order valence-electron chi connectivity index (χ0n) is 14.7. The van der Waals surface area contributed by atoms with E-state index in [1.807, 2.05) is 65.6 Å². The number of benzene rings is 2. The van der Waals surface area contributed by atoms with Crippen molar-refractivity contribution in [2.45, 2.75) is 12.8 Å². The highest BCUT2D eigenvalue weighted by Gasteiger charge is 2.25. The van der Waals surface area contributed by atoms with Crippen LogP contribution in [0.15, 0.2) is 66.9 Å². The molecule has 3 aromatic rings. The van der Waals surface area contributed by atoms with Crippen LogP contribution in [0, 0.1) is 5.92 Å². The van der Waals surface area contributed by atoms with Crippen LogP contribution in [0.5, 0.6) is 5.75 Å². The first kappa shape index (κ1) is 16.6. The number of carbonyl (C=O) groups excluding carboxylic acids is 1. The maximum absolute atomic E-state index is 13.0. The van der Waals surface area contributed by atoms with E-state index >= 15 is 0 Å². The Hall–Kier alpha value is -2.88. The van der Waals surface area contributed by atoms with Crippen LogP contribution in [0.2, 0.25) is 0 Å². The highest BCUT2D eigenvalue weighted by Crippen LogP contribution is 2.23. The predicted molar refractivity (Wildman–Crippen MR) is 102 cm³/mol. The molecule has 1 aliphatic rings. The Morgan fingerprint density at radius 1 is 1.00 bits per heavy atom. The zero-order chi connectivity index (χ0) is 17.8. The quantitative estimate of drug-likeness (QED) is 0.712. The van der Waals surface area contributed by atoms with Crippen molar-refractivity contribution in [1.82, 2.24) is 9.88 Å². The molecular weight excluding hydrogens is 324 g/mol. The standard InChI is InChI=1S/C22H22N2O2/c25-22(20-10-4-6-18-7-5-13-23-21(18)20)24-14-11-17(12-15-24)16-26-19-8-2-1-3-9-19/h1-10,13,17H,11-12,14-16H2. The van der Waals surface area contributed by atoms with Crippen LogP contribution >= 0.6 is 0 Å². The van der Waals surface area contributed by atoms with Gasteiger partial charge < -0.3 is 9.64 Å². The van der Waals surface area contributed by atoms with Gasteiger partial charge in [0, 0.05) is 24.7 Å². The Morgan fingerprint density at radius 3 is 2.58 bits per heavy atom. The molecule has 0 atom stereocenters. The second kappa shape index (κ2) is 7.56. The molecule has 0 bridgehead atoms. The lowest BCUT2D eigenvalue weighted by Gasteiger charge is -2.32. The van der Waals surface area contributed by atoms with Gasteiger partial charge in [-0.05, 0) is 43.0 Å². The maximum Gasteiger partial charge on any atom is 0.256 e. The number of likely N-dealkylation sites (tertiary alicyclic amines) is 1. The molecule has 0 radical (unpaired) electrons. The molecule has 1 aromatic heterocycles. The van der Waals surface area contributed by atoms with Gasteiger partial charge >= 0.3 is 0 Å². The lowest BCUT2D eigenvalue weighted by molar-refractivity contribution is 0.0663. The average molecular weight is 346 g/mol. The first-order chi connectivity index (χ1) is 12.8. The van der Waals surface area contributed by atoms with Gasteiger partial charge in [-0.1, -0.05) is 36.4 Å². The Kier molecular flexibility index (Phi) is 4.82. The van der Waals surface area contributed by atoms with Crippen molar-refractivity contribution in [1.29, 1.82) is 0 Å². The van der Waals surface area contributed by atoms with E-state index in [4.69, 9.17) is 4.74 Å². The number of hydrogen-bond donors (Lipinski definition) is 0. The molecule has 0 spiro atoms. The van der Waals surface area contributed by atoms with Gasteiger partial charge in [0.2, 0.25) is 0 Å². The minimum absolute atomic E-state index is 0.0803. The van der Waals surface area contributed by atoms with Gasteiger partial charge in [-0.15, -0.1) is 0 Å². The molecule has 0 unspecified atom stereocenters. The molecule has 1 fully saturated rings. The molecule has 0 aliphatic carbocycles. The molecule has 4 heteroatoms. The third-order valence-corrected chi connectivity index (χ3v) is 4.99. The molecule has 2 heterocycles. The summed E-state index contributed by atoms with van der Waals surface area (Å²) in [5.74, 6) is 1.48. The second-order valence-corrected chi connectivity index (χ2v) is 6.74. The van der Waals surface area contributed by atoms with E-state index in [9.17, 15) is 4.79 Å². The van der Waals surface area contributed by atoms with Crippen molar-refractivity contribution < 1.29 is 9.53 Å². The number of nitrogens with zero attached hydrogens (tertiary/aromatic N) is 2. The van der Waals surface area contributed by atoms with Crippen LogP contribution < -0.4 is 4.74 Å². The fourth-order valence-corrected chi connectivity index (χ4v) is 3.48. The van der Waals surface area contributed by atoms with Crippen molar-refractivity contribution >= 4 is 16.8 Å². The molecule has 1 amide bonds. The van der Waals surface area contributed by atoms with E-state index in [1.165, 1.54) is 0 Å². The first-order valence-electron chi connectivity index (χ1n) is 9.12. The number of ether oxygens (including phenoxy) is 1. The number of fused-ring (bicyclic) bond motifs is 1. The van der Waals surface area contributed by atoms with Gasteiger partial charge in [0.15, 0.2) is 0 Å². The van der Waals surface area contributed by atoms with Crippen LogP contribution in [0.4, 0.5) is 0 Å². The predicted octanol–water partition coefficient (Wildman–Crippen LogP) is 4.17. The molecule has 4 nitrogen and oxygen atoms in total. The minimum atomic E-state index is 0.0803. The zero-order valence-corrected chi connectivity index (χ0v) is 14.7. The molecule has 4 rings (SSSR count). The normalized spacial score (nSPS) is 15.2. The summed E-state index contributed by atoms with van der Waals surface area (Å²) in [6.45, 7) is 2.25. The maximum atomic E-state index is 13.0. The largest absolute Gasteiger partial charge is 0.493 e. The lowest BCUT2D eigenvalue weighted by atomic mass is 9.97. The monoisotopic (exact) mass is 346 g/mol. The Morgan fingerprint density at radius 2 is 1.77 bits per heavy atom. The summed E-state index contributed by atoms with van der Waals surface area (Å²) in [6, 6.07) is 19.6. The van der Waals surface area contributed by atoms with Crippen LogP contribution in [0.3, 0.4) is 0 Å². The summed E-state index contributed by atoms with van der Waals surface area (Å²) >= 11 is 0. The lowest BCUT2D eigenvalue weighted by Crippen LogP contribution is -2.39. The van der Waals surface area contributed by atoms with Crippen molar-refractivity contribution in [3.8, 4) is 5.75 Å². The molecule has 1 aliphatic heterocycles. The first-order valence-corrected chi connectivity index (χ1v) is 9.12. The second-order valence-electron chi connectivity index (χ2n) is 6.74. The number of amides is 1. The number of pyridine rings is 1. The van der Waals surface area contributed by atoms with E-state index < -0.39 is 0 Å². The number of hydrogen-bond acceptors (Lipinski definition) is 3. The van der Waals surface area contributed by atoms with Gasteiger partial charge in [-0.3, -0.25) is 9.78 Å². The van der Waals surface area contributed by atoms with Gasteiger partial charge in [0.1, 0.15) is 5.75 Å². The van der Waals surface area contributed by atoms with Crippen LogP contribution in [0.1, 0.15) is 23.2 Å². The van der Waals surface area contributed by atoms with E-state index in [-0.39, 0.29) is 5.91 Å². The summed E-state index contributed by atoms with van der Waals surface area (Å²) in [4.78, 5) is 19.3. The highest BCUT2D eigenvalue weighted by molar-refractivity contribution is 6.05. The summed E-state index contributed by atoms with van der Waals surface area (Å²) in [7, 11) is 0. The Bertz CT molecular complexity index is 882. The van der Waals surface area contributed by atoms with Gasteiger partial charge in [-0.25, -0.2) is 0 Å². The van der Waals surface area contributed by atoms with Crippen molar-refractivity contribution in [3.63, 3.8) is 0 Å². The fraction of sp³-hybridized carbons (Fsp3) is 0.273. The molecule has 2 aromatic carbocycles. The number of carbonyl (C=O) groups is 1.